The Balaban J connectivity index is 1.03. The van der Waals surface area contributed by atoms with Gasteiger partial charge in [0.05, 0.1) is 12.0 Å². The van der Waals surface area contributed by atoms with Crippen LogP contribution >= 0.6 is 0 Å². The van der Waals surface area contributed by atoms with Gasteiger partial charge in [0.25, 0.3) is 0 Å². The highest BCUT2D eigenvalue weighted by molar-refractivity contribution is 6.17. The SMILES string of the molecule is C=Nc1c(C(=NCc2ccccc2)c2ccccc2)oc2ccc(-c3cc(-c4ccccc4)cc(-c4ccc5c(c4)C4(c6ccccc6-c6ccccc64)c4ccccc4-5)c3)cc12. The summed E-state index contributed by atoms with van der Waals surface area (Å²) in [4.78, 5) is 9.75. The van der Waals surface area contributed by atoms with E-state index in [9.17, 15) is 0 Å². The van der Waals surface area contributed by atoms with Crippen molar-refractivity contribution in [1.29, 1.82) is 0 Å². The maximum atomic E-state index is 6.67. The van der Waals surface area contributed by atoms with E-state index in [2.05, 4.69) is 194 Å². The molecule has 0 unspecified atom stereocenters. The number of hydrogen-bond donors (Lipinski definition) is 0. The van der Waals surface area contributed by atoms with Crippen molar-refractivity contribution in [3.05, 3.63) is 258 Å². The van der Waals surface area contributed by atoms with Crippen molar-refractivity contribution >= 4 is 29.1 Å². The lowest BCUT2D eigenvalue weighted by Gasteiger charge is -2.30. The summed E-state index contributed by atoms with van der Waals surface area (Å²) in [6.45, 7) is 4.56. The van der Waals surface area contributed by atoms with Gasteiger partial charge in [-0.05, 0) is 127 Å². The van der Waals surface area contributed by atoms with Crippen LogP contribution in [0.1, 0.15) is 39.1 Å². The number of aliphatic imine (C=N–C) groups is 2. The van der Waals surface area contributed by atoms with Gasteiger partial charge in [-0.25, -0.2) is 0 Å². The summed E-state index contributed by atoms with van der Waals surface area (Å²) in [5, 5.41) is 0.892. The second-order valence-electron chi connectivity index (χ2n) is 16.5. The quantitative estimate of drug-likeness (QED) is 0.141. The molecule has 0 aliphatic heterocycles. The average Bonchev–Trinajstić information content (AvgIpc) is 3.98. The summed E-state index contributed by atoms with van der Waals surface area (Å²) in [7, 11) is 0. The summed E-state index contributed by atoms with van der Waals surface area (Å²) in [6.07, 6.45) is 0. The van der Waals surface area contributed by atoms with Crippen LogP contribution in [0, 0.1) is 0 Å². The summed E-state index contributed by atoms with van der Waals surface area (Å²) < 4.78 is 6.67. The van der Waals surface area contributed by atoms with Gasteiger partial charge in [-0.2, -0.15) is 0 Å². The molecule has 3 heteroatoms. The first kappa shape index (κ1) is 36.7. The van der Waals surface area contributed by atoms with E-state index in [0.29, 0.717) is 18.0 Å². The van der Waals surface area contributed by atoms with E-state index < -0.39 is 5.41 Å². The minimum Gasteiger partial charge on any atom is -0.452 e. The zero-order valence-electron chi connectivity index (χ0n) is 34.5. The molecule has 0 amide bonds. The maximum absolute atomic E-state index is 6.67. The Hall–Kier alpha value is -8.14. The molecule has 0 saturated carbocycles. The first-order chi connectivity index (χ1) is 31.2. The normalized spacial score (nSPS) is 13.1. The van der Waals surface area contributed by atoms with E-state index in [1.807, 2.05) is 36.4 Å². The van der Waals surface area contributed by atoms with Gasteiger partial charge in [-0.1, -0.05) is 182 Å². The lowest BCUT2D eigenvalue weighted by atomic mass is 9.70. The van der Waals surface area contributed by atoms with Crippen molar-refractivity contribution in [1.82, 2.24) is 0 Å². The van der Waals surface area contributed by atoms with E-state index in [-0.39, 0.29) is 0 Å². The molecule has 0 atom stereocenters. The molecule has 1 aromatic heterocycles. The van der Waals surface area contributed by atoms with Crippen LogP contribution in [0.3, 0.4) is 0 Å². The summed E-state index contributed by atoms with van der Waals surface area (Å²) in [6, 6.07) is 78.6. The Labute approximate surface area is 367 Å². The van der Waals surface area contributed by atoms with Gasteiger partial charge in [0.2, 0.25) is 0 Å². The van der Waals surface area contributed by atoms with Gasteiger partial charge in [0.15, 0.2) is 5.76 Å². The number of rotatable bonds is 8. The molecular weight excluding hydrogens is 765 g/mol. The predicted octanol–water partition coefficient (Wildman–Crippen LogP) is 15.1. The van der Waals surface area contributed by atoms with Gasteiger partial charge in [-0.3, -0.25) is 9.98 Å². The van der Waals surface area contributed by atoms with Gasteiger partial charge in [0, 0.05) is 10.9 Å². The molecular formula is C60H40N2O. The van der Waals surface area contributed by atoms with Crippen molar-refractivity contribution in [2.45, 2.75) is 12.0 Å². The Kier molecular flexibility index (Phi) is 8.62. The molecule has 9 aromatic carbocycles. The zero-order chi connectivity index (χ0) is 41.9. The summed E-state index contributed by atoms with van der Waals surface area (Å²) >= 11 is 0. The number of hydrogen-bond acceptors (Lipinski definition) is 3. The van der Waals surface area contributed by atoms with E-state index in [0.717, 1.165) is 55.6 Å². The average molecular weight is 805 g/mol. The number of fused-ring (bicyclic) bond motifs is 11. The molecule has 10 aromatic rings. The maximum Gasteiger partial charge on any atom is 0.179 e. The monoisotopic (exact) mass is 804 g/mol. The molecule has 12 rings (SSSR count). The minimum absolute atomic E-state index is 0.421. The van der Waals surface area contributed by atoms with Gasteiger partial charge in [-0.15, -0.1) is 0 Å². The van der Waals surface area contributed by atoms with E-state index in [1.54, 1.807) is 0 Å². The number of nitrogens with zero attached hydrogens (tertiary/aromatic N) is 2. The molecule has 1 spiro atoms. The van der Waals surface area contributed by atoms with Gasteiger partial charge in [0.1, 0.15) is 17.0 Å². The van der Waals surface area contributed by atoms with E-state index in [1.165, 1.54) is 50.1 Å². The minimum atomic E-state index is -0.421. The Morgan fingerprint density at radius 1 is 0.429 bits per heavy atom. The Morgan fingerprint density at radius 3 is 1.52 bits per heavy atom. The fraction of sp³-hybridized carbons (Fsp3) is 0.0333. The van der Waals surface area contributed by atoms with E-state index in [4.69, 9.17) is 9.41 Å². The third-order valence-electron chi connectivity index (χ3n) is 13.0. The molecule has 63 heavy (non-hydrogen) atoms. The molecule has 3 nitrogen and oxygen atoms in total. The third kappa shape index (κ3) is 5.81. The lowest BCUT2D eigenvalue weighted by molar-refractivity contribution is 0.605. The third-order valence-corrected chi connectivity index (χ3v) is 13.0. The van der Waals surface area contributed by atoms with Crippen LogP contribution < -0.4 is 0 Å². The van der Waals surface area contributed by atoms with Crippen molar-refractivity contribution < 1.29 is 4.42 Å². The lowest BCUT2D eigenvalue weighted by Crippen LogP contribution is -2.25. The van der Waals surface area contributed by atoms with Crippen molar-refractivity contribution in [3.8, 4) is 55.6 Å². The standard InChI is InChI=1S/C60H40N2O/c1-61-58-51-36-42(30-32-56(51)63-59(58)57(41-21-9-4-10-22-41)62-38-39-17-5-2-6-18-39)45-33-44(40-19-7-3-8-20-40)34-46(35-45)43-29-31-50-49-25-13-16-28-54(49)60(55(50)37-43)52-26-14-11-23-47(52)48-24-12-15-27-53(48)60/h2-37H,1,38H2. The van der Waals surface area contributed by atoms with Gasteiger partial charge < -0.3 is 4.42 Å². The number of benzene rings is 9. The zero-order valence-corrected chi connectivity index (χ0v) is 34.5. The fourth-order valence-corrected chi connectivity index (χ4v) is 10.3. The molecule has 0 fully saturated rings. The van der Waals surface area contributed by atoms with Gasteiger partial charge >= 0.3 is 0 Å². The van der Waals surface area contributed by atoms with Crippen LogP contribution in [0.15, 0.2) is 233 Å². The summed E-state index contributed by atoms with van der Waals surface area (Å²) in [5.41, 5.74) is 21.1. The van der Waals surface area contributed by atoms with Crippen molar-refractivity contribution in [3.63, 3.8) is 0 Å². The van der Waals surface area contributed by atoms with Crippen molar-refractivity contribution in [2.24, 2.45) is 9.98 Å². The topological polar surface area (TPSA) is 37.9 Å². The smallest absolute Gasteiger partial charge is 0.179 e. The van der Waals surface area contributed by atoms with Crippen molar-refractivity contribution in [2.75, 3.05) is 0 Å². The largest absolute Gasteiger partial charge is 0.452 e. The molecule has 296 valence electrons. The molecule has 2 aliphatic carbocycles. The Bertz CT molecular complexity index is 3370. The van der Waals surface area contributed by atoms with Crippen LogP contribution in [0.4, 0.5) is 5.69 Å². The number of furan rings is 1. The highest BCUT2D eigenvalue weighted by Gasteiger charge is 2.51. The summed E-state index contributed by atoms with van der Waals surface area (Å²) in [5.74, 6) is 0.612. The highest BCUT2D eigenvalue weighted by Crippen LogP contribution is 2.63. The van der Waals surface area contributed by atoms with Crippen LogP contribution in [-0.4, -0.2) is 12.4 Å². The molecule has 0 bridgehead atoms. The molecule has 1 heterocycles. The van der Waals surface area contributed by atoms with Crippen LogP contribution in [-0.2, 0) is 12.0 Å². The molecule has 2 aliphatic rings. The van der Waals surface area contributed by atoms with Crippen LogP contribution in [0.25, 0.3) is 66.6 Å². The second kappa shape index (κ2) is 14.8. The van der Waals surface area contributed by atoms with Crippen LogP contribution in [0.5, 0.6) is 0 Å². The molecule has 0 saturated heterocycles. The van der Waals surface area contributed by atoms with E-state index >= 15 is 0 Å². The second-order valence-corrected chi connectivity index (χ2v) is 16.5. The fourth-order valence-electron chi connectivity index (χ4n) is 10.3. The first-order valence-electron chi connectivity index (χ1n) is 21.5. The first-order valence-corrected chi connectivity index (χ1v) is 21.5. The van der Waals surface area contributed by atoms with Crippen LogP contribution in [0.2, 0.25) is 0 Å². The highest BCUT2D eigenvalue weighted by atomic mass is 16.3. The molecule has 0 N–H and O–H groups in total. The Morgan fingerprint density at radius 2 is 0.921 bits per heavy atom. The predicted molar refractivity (Wildman–Crippen MR) is 260 cm³/mol. The molecule has 0 radical (unpaired) electrons.